The molecular formula is C27H23N5O3. The highest BCUT2D eigenvalue weighted by molar-refractivity contribution is 5.91. The lowest BCUT2D eigenvalue weighted by Crippen LogP contribution is -2.14. The van der Waals surface area contributed by atoms with E-state index in [4.69, 9.17) is 9.47 Å². The Balaban J connectivity index is 1.39. The molecule has 0 aliphatic heterocycles. The van der Waals surface area contributed by atoms with Gasteiger partial charge in [-0.2, -0.15) is 5.10 Å². The first-order valence-electron chi connectivity index (χ1n) is 11.2. The minimum atomic E-state index is -0.515. The van der Waals surface area contributed by atoms with Crippen LogP contribution in [0.15, 0.2) is 79.3 Å². The highest BCUT2D eigenvalue weighted by Crippen LogP contribution is 2.31. The molecular weight excluding hydrogens is 442 g/mol. The smallest absolute Gasteiger partial charge is 0.358 e. The Bertz CT molecular complexity index is 1480. The molecule has 0 radical (unpaired) electrons. The van der Waals surface area contributed by atoms with E-state index in [2.05, 4.69) is 20.1 Å². The first kappa shape index (κ1) is 22.2. The van der Waals surface area contributed by atoms with Crippen molar-refractivity contribution in [1.29, 1.82) is 0 Å². The topological polar surface area (TPSA) is 92.0 Å². The van der Waals surface area contributed by atoms with E-state index in [-0.39, 0.29) is 18.9 Å². The summed E-state index contributed by atoms with van der Waals surface area (Å²) in [7, 11) is 1.90. The highest BCUT2D eigenvalue weighted by Gasteiger charge is 2.18. The Kier molecular flexibility index (Phi) is 6.17. The van der Waals surface area contributed by atoms with Crippen LogP contribution in [0.3, 0.4) is 0 Å². The van der Waals surface area contributed by atoms with E-state index < -0.39 is 5.97 Å². The van der Waals surface area contributed by atoms with E-state index in [9.17, 15) is 4.79 Å². The number of carbonyl (C=O) groups excluding carboxylic acids is 1. The fourth-order valence-electron chi connectivity index (χ4n) is 3.81. The van der Waals surface area contributed by atoms with E-state index in [0.717, 1.165) is 22.4 Å². The maximum Gasteiger partial charge on any atom is 0.358 e. The van der Waals surface area contributed by atoms with Crippen LogP contribution in [-0.4, -0.2) is 37.3 Å². The second kappa shape index (κ2) is 9.72. The zero-order valence-corrected chi connectivity index (χ0v) is 19.4. The van der Waals surface area contributed by atoms with Crippen molar-refractivity contribution in [1.82, 2.24) is 24.7 Å². The van der Waals surface area contributed by atoms with Crippen LogP contribution in [0.4, 0.5) is 0 Å². The molecule has 0 spiro atoms. The molecule has 0 fully saturated rings. The van der Waals surface area contributed by atoms with Crippen molar-refractivity contribution in [2.75, 3.05) is 6.61 Å². The van der Waals surface area contributed by atoms with Gasteiger partial charge >= 0.3 is 5.97 Å². The molecule has 0 N–H and O–H groups in total. The van der Waals surface area contributed by atoms with E-state index in [0.29, 0.717) is 22.5 Å². The van der Waals surface area contributed by atoms with Gasteiger partial charge in [0.05, 0.1) is 17.6 Å². The van der Waals surface area contributed by atoms with Gasteiger partial charge in [0, 0.05) is 36.8 Å². The zero-order valence-electron chi connectivity index (χ0n) is 19.4. The molecule has 3 heterocycles. The van der Waals surface area contributed by atoms with Crippen molar-refractivity contribution in [2.24, 2.45) is 7.05 Å². The Labute approximate surface area is 202 Å². The monoisotopic (exact) mass is 465 g/mol. The molecule has 35 heavy (non-hydrogen) atoms. The van der Waals surface area contributed by atoms with Crippen molar-refractivity contribution >= 4 is 17.0 Å². The maximum absolute atomic E-state index is 12.5. The standard InChI is InChI=1S/C27H23N5O3/c1-3-34-27(33)26-24(29-22-6-4-5-7-23(22)30-26)17-35-20-10-8-19(9-11-20)25-21(16-32(2)31-25)18-12-14-28-15-13-18/h4-16H,3,17H2,1-2H3. The number of fused-ring (bicyclic) bond motifs is 1. The molecule has 2 aromatic carbocycles. The van der Waals surface area contributed by atoms with Gasteiger partial charge in [-0.3, -0.25) is 9.67 Å². The Morgan fingerprint density at radius 1 is 0.914 bits per heavy atom. The number of rotatable bonds is 7. The maximum atomic E-state index is 12.5. The van der Waals surface area contributed by atoms with E-state index in [1.807, 2.05) is 73.9 Å². The van der Waals surface area contributed by atoms with Crippen LogP contribution in [-0.2, 0) is 18.4 Å². The molecule has 8 heteroatoms. The van der Waals surface area contributed by atoms with Gasteiger partial charge in [0.25, 0.3) is 0 Å². The minimum absolute atomic E-state index is 0.0805. The van der Waals surface area contributed by atoms with Crippen LogP contribution in [0.2, 0.25) is 0 Å². The van der Waals surface area contributed by atoms with Crippen LogP contribution < -0.4 is 4.74 Å². The Morgan fingerprint density at radius 2 is 1.63 bits per heavy atom. The first-order chi connectivity index (χ1) is 17.1. The van der Waals surface area contributed by atoms with Crippen LogP contribution >= 0.6 is 0 Å². The van der Waals surface area contributed by atoms with Crippen LogP contribution in [0.25, 0.3) is 33.4 Å². The number of esters is 1. The number of hydrogen-bond donors (Lipinski definition) is 0. The van der Waals surface area contributed by atoms with Crippen molar-refractivity contribution in [3.8, 4) is 28.1 Å². The van der Waals surface area contributed by atoms with Gasteiger partial charge in [-0.1, -0.05) is 12.1 Å². The summed E-state index contributed by atoms with van der Waals surface area (Å²) in [6, 6.07) is 19.0. The number of nitrogens with zero attached hydrogens (tertiary/aromatic N) is 5. The summed E-state index contributed by atoms with van der Waals surface area (Å²) in [4.78, 5) is 25.6. The van der Waals surface area contributed by atoms with Gasteiger partial charge < -0.3 is 9.47 Å². The van der Waals surface area contributed by atoms with Crippen LogP contribution in [0.1, 0.15) is 23.1 Å². The lowest BCUT2D eigenvalue weighted by atomic mass is 10.0. The van der Waals surface area contributed by atoms with Gasteiger partial charge in [-0.25, -0.2) is 14.8 Å². The summed E-state index contributed by atoms with van der Waals surface area (Å²) in [6.07, 6.45) is 5.52. The molecule has 0 saturated heterocycles. The second-order valence-corrected chi connectivity index (χ2v) is 7.84. The van der Waals surface area contributed by atoms with E-state index >= 15 is 0 Å². The van der Waals surface area contributed by atoms with E-state index in [1.54, 1.807) is 24.0 Å². The number of pyridine rings is 1. The number of benzene rings is 2. The average molecular weight is 466 g/mol. The molecule has 0 unspecified atom stereocenters. The number of carbonyl (C=O) groups is 1. The number of aromatic nitrogens is 5. The van der Waals surface area contributed by atoms with Gasteiger partial charge in [0.15, 0.2) is 5.69 Å². The van der Waals surface area contributed by atoms with Crippen molar-refractivity contribution in [2.45, 2.75) is 13.5 Å². The average Bonchev–Trinajstić information content (AvgIpc) is 3.29. The zero-order chi connectivity index (χ0) is 24.2. The summed E-state index contributed by atoms with van der Waals surface area (Å²) >= 11 is 0. The molecule has 5 aromatic rings. The molecule has 0 bridgehead atoms. The third kappa shape index (κ3) is 4.72. The third-order valence-corrected chi connectivity index (χ3v) is 5.43. The normalized spacial score (nSPS) is 10.9. The molecule has 0 aliphatic carbocycles. The number of para-hydroxylation sites is 2. The van der Waals surface area contributed by atoms with Gasteiger partial charge in [-0.05, 0) is 61.0 Å². The van der Waals surface area contributed by atoms with Crippen molar-refractivity contribution in [3.63, 3.8) is 0 Å². The lowest BCUT2D eigenvalue weighted by Gasteiger charge is -2.11. The number of hydrogen-bond acceptors (Lipinski definition) is 7. The van der Waals surface area contributed by atoms with Crippen molar-refractivity contribution < 1.29 is 14.3 Å². The van der Waals surface area contributed by atoms with Gasteiger partial charge in [-0.15, -0.1) is 0 Å². The largest absolute Gasteiger partial charge is 0.487 e. The SMILES string of the molecule is CCOC(=O)c1nc2ccccc2nc1COc1ccc(-c2nn(C)cc2-c2ccncc2)cc1. The molecule has 0 saturated carbocycles. The molecule has 0 atom stereocenters. The number of aryl methyl sites for hydroxylation is 1. The lowest BCUT2D eigenvalue weighted by molar-refractivity contribution is 0.0516. The summed E-state index contributed by atoms with van der Waals surface area (Å²) < 4.78 is 12.9. The summed E-state index contributed by atoms with van der Waals surface area (Å²) in [5, 5.41) is 4.64. The minimum Gasteiger partial charge on any atom is -0.487 e. The molecule has 3 aromatic heterocycles. The summed E-state index contributed by atoms with van der Waals surface area (Å²) in [5.74, 6) is 0.124. The third-order valence-electron chi connectivity index (χ3n) is 5.43. The van der Waals surface area contributed by atoms with Crippen molar-refractivity contribution in [3.05, 3.63) is 90.6 Å². The van der Waals surface area contributed by atoms with Crippen LogP contribution in [0, 0.1) is 0 Å². The summed E-state index contributed by atoms with van der Waals surface area (Å²) in [5.41, 5.74) is 5.81. The predicted molar refractivity (Wildman–Crippen MR) is 132 cm³/mol. The van der Waals surface area contributed by atoms with Gasteiger partial charge in [0.1, 0.15) is 23.7 Å². The molecule has 174 valence electrons. The second-order valence-electron chi connectivity index (χ2n) is 7.84. The van der Waals surface area contributed by atoms with Crippen LogP contribution in [0.5, 0.6) is 5.75 Å². The molecule has 0 aliphatic rings. The Hall–Kier alpha value is -4.59. The molecule has 5 rings (SSSR count). The number of ether oxygens (including phenoxy) is 2. The van der Waals surface area contributed by atoms with E-state index in [1.165, 1.54) is 0 Å². The summed E-state index contributed by atoms with van der Waals surface area (Å²) in [6.45, 7) is 2.09. The molecule has 8 nitrogen and oxygen atoms in total. The quantitative estimate of drug-likeness (QED) is 0.317. The predicted octanol–water partition coefficient (Wildman–Crippen LogP) is 4.85. The first-order valence-corrected chi connectivity index (χ1v) is 11.2. The fraction of sp³-hybridized carbons (Fsp3) is 0.148. The highest BCUT2D eigenvalue weighted by atomic mass is 16.5. The fourth-order valence-corrected chi connectivity index (χ4v) is 3.81. The Morgan fingerprint density at radius 3 is 2.34 bits per heavy atom. The molecule has 0 amide bonds. The van der Waals surface area contributed by atoms with Gasteiger partial charge in [0.2, 0.25) is 0 Å².